The standard InChI is InChI=1S/C21H25N5O4S/c1-3-15(17-9-12(2)11-30-17)22-19-20(25-31-24-19)23-16-6-4-5-14(18(16)28)21(29)26-8-7-13(27)10-26/h4-6,9,11,13,15,27-28H,3,7-8,10H2,1-2H3,(H,22,24)(H,23,25)/t13?,15-/m1/s1. The number of β-amino-alcohol motifs (C(OH)–C–C–N with tert-alkyl or cyclic N) is 1. The Morgan fingerprint density at radius 1 is 1.39 bits per heavy atom. The highest BCUT2D eigenvalue weighted by atomic mass is 32.1. The Morgan fingerprint density at radius 2 is 2.19 bits per heavy atom. The summed E-state index contributed by atoms with van der Waals surface area (Å²) in [5, 5.41) is 26.8. The van der Waals surface area contributed by atoms with Gasteiger partial charge in [0.15, 0.2) is 17.4 Å². The summed E-state index contributed by atoms with van der Waals surface area (Å²) in [6, 6.07) is 6.82. The van der Waals surface area contributed by atoms with Gasteiger partial charge in [-0.25, -0.2) is 0 Å². The molecule has 4 rings (SSSR count). The Balaban J connectivity index is 1.53. The first-order valence-electron chi connectivity index (χ1n) is 10.2. The lowest BCUT2D eigenvalue weighted by Crippen LogP contribution is -2.29. The molecule has 164 valence electrons. The van der Waals surface area contributed by atoms with Crippen LogP contribution in [0.2, 0.25) is 0 Å². The second kappa shape index (κ2) is 8.94. The van der Waals surface area contributed by atoms with Gasteiger partial charge in [0.2, 0.25) is 0 Å². The first-order valence-corrected chi connectivity index (χ1v) is 10.9. The van der Waals surface area contributed by atoms with E-state index in [1.165, 1.54) is 4.90 Å². The summed E-state index contributed by atoms with van der Waals surface area (Å²) < 4.78 is 14.2. The normalized spacial score (nSPS) is 17.0. The number of amides is 1. The molecule has 1 unspecified atom stereocenters. The minimum atomic E-state index is -0.522. The van der Waals surface area contributed by atoms with Crippen molar-refractivity contribution in [3.63, 3.8) is 0 Å². The highest BCUT2D eigenvalue weighted by Gasteiger charge is 2.28. The number of carbonyl (C=O) groups is 1. The molecule has 0 aliphatic carbocycles. The number of aliphatic hydroxyl groups excluding tert-OH is 1. The SMILES string of the molecule is CC[C@@H](Nc1nsnc1Nc1cccc(C(=O)N2CCC(O)C2)c1O)c1cc(C)co1. The fraction of sp³-hybridized carbons (Fsp3) is 0.381. The third kappa shape index (κ3) is 4.49. The molecule has 0 radical (unpaired) electrons. The van der Waals surface area contributed by atoms with Gasteiger partial charge in [-0.2, -0.15) is 8.75 Å². The predicted octanol–water partition coefficient (Wildman–Crippen LogP) is 3.66. The smallest absolute Gasteiger partial charge is 0.257 e. The van der Waals surface area contributed by atoms with Gasteiger partial charge in [-0.15, -0.1) is 0 Å². The van der Waals surface area contributed by atoms with E-state index in [2.05, 4.69) is 19.4 Å². The molecule has 31 heavy (non-hydrogen) atoms. The van der Waals surface area contributed by atoms with Gasteiger partial charge in [-0.3, -0.25) is 4.79 Å². The molecule has 4 N–H and O–H groups in total. The third-order valence-corrected chi connectivity index (χ3v) is 5.80. The maximum atomic E-state index is 12.8. The highest BCUT2D eigenvalue weighted by Crippen LogP contribution is 2.34. The lowest BCUT2D eigenvalue weighted by molar-refractivity contribution is 0.0762. The van der Waals surface area contributed by atoms with Crippen molar-refractivity contribution in [2.45, 2.75) is 38.8 Å². The number of hydrogen-bond donors (Lipinski definition) is 4. The van der Waals surface area contributed by atoms with Crippen molar-refractivity contribution in [1.82, 2.24) is 13.6 Å². The Labute approximate surface area is 184 Å². The summed E-state index contributed by atoms with van der Waals surface area (Å²) in [7, 11) is 0. The number of rotatable bonds is 7. The molecule has 1 aromatic carbocycles. The number of nitrogens with zero attached hydrogens (tertiary/aromatic N) is 3. The van der Waals surface area contributed by atoms with Crippen molar-refractivity contribution >= 4 is 35.0 Å². The molecule has 3 heterocycles. The van der Waals surface area contributed by atoms with Gasteiger partial charge in [0.25, 0.3) is 5.91 Å². The number of nitrogens with one attached hydrogen (secondary N) is 2. The molecule has 9 nitrogen and oxygen atoms in total. The first kappa shape index (κ1) is 21.1. The second-order valence-electron chi connectivity index (χ2n) is 7.61. The lowest BCUT2D eigenvalue weighted by atomic mass is 10.1. The summed E-state index contributed by atoms with van der Waals surface area (Å²) in [5.41, 5.74) is 1.57. The fourth-order valence-electron chi connectivity index (χ4n) is 3.58. The second-order valence-corrected chi connectivity index (χ2v) is 8.14. The number of para-hydroxylation sites is 1. The van der Waals surface area contributed by atoms with Crippen LogP contribution < -0.4 is 10.6 Å². The zero-order chi connectivity index (χ0) is 22.0. The minimum absolute atomic E-state index is 0.0822. The number of furan rings is 1. The number of carbonyl (C=O) groups excluding carboxylic acids is 1. The van der Waals surface area contributed by atoms with Crippen LogP contribution in [-0.2, 0) is 0 Å². The molecule has 1 saturated heterocycles. The number of aromatic hydroxyl groups is 1. The van der Waals surface area contributed by atoms with E-state index < -0.39 is 6.10 Å². The van der Waals surface area contributed by atoms with E-state index in [9.17, 15) is 15.0 Å². The number of phenolic OH excluding ortho intramolecular Hbond substituents is 1. The third-order valence-electron chi connectivity index (χ3n) is 5.27. The molecule has 2 aromatic heterocycles. The summed E-state index contributed by atoms with van der Waals surface area (Å²) in [6.45, 7) is 4.74. The van der Waals surface area contributed by atoms with E-state index in [4.69, 9.17) is 4.42 Å². The van der Waals surface area contributed by atoms with Crippen molar-refractivity contribution in [3.8, 4) is 5.75 Å². The molecule has 1 amide bonds. The molecule has 0 saturated carbocycles. The lowest BCUT2D eigenvalue weighted by Gasteiger charge is -2.18. The van der Waals surface area contributed by atoms with Crippen LogP contribution >= 0.6 is 11.7 Å². The largest absolute Gasteiger partial charge is 0.505 e. The first-order chi connectivity index (χ1) is 15.0. The minimum Gasteiger partial charge on any atom is -0.505 e. The molecule has 3 aromatic rings. The van der Waals surface area contributed by atoms with E-state index in [0.29, 0.717) is 30.3 Å². The maximum Gasteiger partial charge on any atom is 0.257 e. The number of anilines is 3. The fourth-order valence-corrected chi connectivity index (χ4v) is 4.06. The number of aryl methyl sites for hydroxylation is 1. The van der Waals surface area contributed by atoms with Gasteiger partial charge in [0, 0.05) is 13.1 Å². The Bertz CT molecular complexity index is 1070. The number of benzene rings is 1. The monoisotopic (exact) mass is 443 g/mol. The van der Waals surface area contributed by atoms with Crippen LogP contribution in [0.3, 0.4) is 0 Å². The van der Waals surface area contributed by atoms with Crippen LogP contribution in [0.1, 0.15) is 47.5 Å². The molecule has 10 heteroatoms. The van der Waals surface area contributed by atoms with Gasteiger partial charge < -0.3 is 30.2 Å². The van der Waals surface area contributed by atoms with Crippen molar-refractivity contribution in [3.05, 3.63) is 47.4 Å². The summed E-state index contributed by atoms with van der Waals surface area (Å²) >= 11 is 1.04. The molecule has 0 spiro atoms. The van der Waals surface area contributed by atoms with E-state index in [-0.39, 0.29) is 29.8 Å². The average Bonchev–Trinajstić information content (AvgIpc) is 3.49. The van der Waals surface area contributed by atoms with Crippen LogP contribution in [0.5, 0.6) is 5.75 Å². The zero-order valence-corrected chi connectivity index (χ0v) is 18.1. The maximum absolute atomic E-state index is 12.8. The number of likely N-dealkylation sites (tertiary alicyclic amines) is 1. The zero-order valence-electron chi connectivity index (χ0n) is 17.3. The number of phenols is 1. The summed E-state index contributed by atoms with van der Waals surface area (Å²) in [4.78, 5) is 14.3. The van der Waals surface area contributed by atoms with Gasteiger partial charge in [-0.05, 0) is 43.5 Å². The van der Waals surface area contributed by atoms with E-state index in [1.807, 2.05) is 19.9 Å². The summed E-state index contributed by atoms with van der Waals surface area (Å²) in [6.07, 6.45) is 2.50. The Kier molecular flexibility index (Phi) is 6.10. The van der Waals surface area contributed by atoms with E-state index >= 15 is 0 Å². The topological polar surface area (TPSA) is 124 Å². The molecule has 0 bridgehead atoms. The molecule has 2 atom stereocenters. The van der Waals surface area contributed by atoms with Gasteiger partial charge in [0.05, 0.1) is 41.4 Å². The van der Waals surface area contributed by atoms with Gasteiger partial charge in [-0.1, -0.05) is 13.0 Å². The number of hydrogen-bond acceptors (Lipinski definition) is 9. The van der Waals surface area contributed by atoms with E-state index in [0.717, 1.165) is 29.5 Å². The Morgan fingerprint density at radius 3 is 2.87 bits per heavy atom. The van der Waals surface area contributed by atoms with Gasteiger partial charge >= 0.3 is 0 Å². The average molecular weight is 444 g/mol. The van der Waals surface area contributed by atoms with Crippen LogP contribution in [0.25, 0.3) is 0 Å². The predicted molar refractivity (Wildman–Crippen MR) is 118 cm³/mol. The quantitative estimate of drug-likeness (QED) is 0.408. The Hall–Kier alpha value is -3.11. The summed E-state index contributed by atoms with van der Waals surface area (Å²) in [5.74, 6) is 1.31. The van der Waals surface area contributed by atoms with Crippen molar-refractivity contribution < 1.29 is 19.4 Å². The number of aromatic nitrogens is 2. The number of aliphatic hydroxyl groups is 1. The van der Waals surface area contributed by atoms with Crippen molar-refractivity contribution in [1.29, 1.82) is 0 Å². The van der Waals surface area contributed by atoms with Crippen LogP contribution in [0.4, 0.5) is 17.3 Å². The van der Waals surface area contributed by atoms with E-state index in [1.54, 1.807) is 24.5 Å². The van der Waals surface area contributed by atoms with Crippen molar-refractivity contribution in [2.75, 3.05) is 23.7 Å². The van der Waals surface area contributed by atoms with Gasteiger partial charge in [0.1, 0.15) is 5.76 Å². The molecule has 1 fully saturated rings. The van der Waals surface area contributed by atoms with Crippen LogP contribution in [-0.4, -0.2) is 49.0 Å². The molecular formula is C21H25N5O4S. The molecule has 1 aliphatic rings. The van der Waals surface area contributed by atoms with Crippen LogP contribution in [0, 0.1) is 6.92 Å². The molecule has 1 aliphatic heterocycles. The van der Waals surface area contributed by atoms with Crippen molar-refractivity contribution in [2.24, 2.45) is 0 Å². The highest BCUT2D eigenvalue weighted by molar-refractivity contribution is 6.99. The van der Waals surface area contributed by atoms with Crippen LogP contribution in [0.15, 0.2) is 34.9 Å². The molecular weight excluding hydrogens is 418 g/mol.